The summed E-state index contributed by atoms with van der Waals surface area (Å²) in [4.78, 5) is 0.109. The Morgan fingerprint density at radius 3 is 2.37 bits per heavy atom. The van der Waals surface area contributed by atoms with Crippen LogP contribution in [-0.2, 0) is 10.0 Å². The van der Waals surface area contributed by atoms with Crippen LogP contribution in [-0.4, -0.2) is 21.5 Å². The minimum atomic E-state index is -3.50. The molecule has 0 heterocycles. The number of anilines is 2. The smallest absolute Gasteiger partial charge is 0.242 e. The van der Waals surface area contributed by atoms with Crippen LogP contribution >= 0.6 is 0 Å². The highest BCUT2D eigenvalue weighted by molar-refractivity contribution is 7.89. The molecule has 0 fully saturated rings. The zero-order valence-electron chi connectivity index (χ0n) is 11.9. The summed E-state index contributed by atoms with van der Waals surface area (Å²) in [5.74, 6) is 0.493. The second kappa shape index (κ2) is 6.25. The molecule has 0 spiro atoms. The maximum atomic E-state index is 11.7. The highest BCUT2D eigenvalue weighted by Gasteiger charge is 2.16. The Morgan fingerprint density at radius 1 is 1.32 bits per heavy atom. The van der Waals surface area contributed by atoms with Gasteiger partial charge in [-0.25, -0.2) is 13.1 Å². The molecule has 1 atom stereocenters. The average Bonchev–Trinajstić information content (AvgIpc) is 2.35. The van der Waals surface area contributed by atoms with Gasteiger partial charge in [0.15, 0.2) is 0 Å². The van der Waals surface area contributed by atoms with Crippen molar-refractivity contribution in [3.63, 3.8) is 0 Å². The summed E-state index contributed by atoms with van der Waals surface area (Å²) in [6, 6.07) is 5.27. The summed E-state index contributed by atoms with van der Waals surface area (Å²) < 4.78 is 25.7. The second-order valence-electron chi connectivity index (χ2n) is 4.86. The van der Waals surface area contributed by atoms with Gasteiger partial charge in [0.05, 0.1) is 5.69 Å². The number of nitrogens with one attached hydrogen (secondary N) is 2. The molecule has 0 aliphatic carbocycles. The predicted octanol–water partition coefficient (Wildman–Crippen LogP) is 2.02. The Hall–Kier alpha value is -1.27. The molecule has 0 aromatic heterocycles. The zero-order chi connectivity index (χ0) is 14.6. The largest absolute Gasteiger partial charge is 0.398 e. The van der Waals surface area contributed by atoms with Crippen LogP contribution < -0.4 is 15.8 Å². The summed E-state index contributed by atoms with van der Waals surface area (Å²) in [7, 11) is -2.13. The van der Waals surface area contributed by atoms with Crippen molar-refractivity contribution in [1.82, 2.24) is 4.72 Å². The van der Waals surface area contributed by atoms with Gasteiger partial charge >= 0.3 is 0 Å². The van der Waals surface area contributed by atoms with Gasteiger partial charge in [-0.1, -0.05) is 20.8 Å². The van der Waals surface area contributed by atoms with Crippen LogP contribution in [0.25, 0.3) is 0 Å². The number of nitrogen functional groups attached to an aromatic ring is 1. The van der Waals surface area contributed by atoms with Crippen LogP contribution in [0.1, 0.15) is 27.2 Å². The lowest BCUT2D eigenvalue weighted by Gasteiger charge is -2.22. The predicted molar refractivity (Wildman–Crippen MR) is 79.6 cm³/mol. The van der Waals surface area contributed by atoms with Crippen LogP contribution in [0.2, 0.25) is 0 Å². The van der Waals surface area contributed by atoms with Gasteiger partial charge in [-0.15, -0.1) is 0 Å². The third-order valence-corrected chi connectivity index (χ3v) is 4.65. The molecule has 0 aliphatic rings. The molecule has 0 aliphatic heterocycles. The van der Waals surface area contributed by atoms with Crippen molar-refractivity contribution in [3.05, 3.63) is 18.2 Å². The molecular formula is C13H23N3O2S. The van der Waals surface area contributed by atoms with E-state index in [4.69, 9.17) is 5.73 Å². The zero-order valence-corrected chi connectivity index (χ0v) is 12.7. The molecule has 4 N–H and O–H groups in total. The van der Waals surface area contributed by atoms with Crippen LogP contribution in [0, 0.1) is 5.92 Å². The molecule has 1 aromatic carbocycles. The molecule has 0 amide bonds. The minimum absolute atomic E-state index is 0.109. The van der Waals surface area contributed by atoms with E-state index in [1.807, 2.05) is 0 Å². The quantitative estimate of drug-likeness (QED) is 0.698. The first-order valence-electron chi connectivity index (χ1n) is 6.41. The minimum Gasteiger partial charge on any atom is -0.398 e. The highest BCUT2D eigenvalue weighted by atomic mass is 32.2. The van der Waals surface area contributed by atoms with E-state index in [-0.39, 0.29) is 10.6 Å². The molecule has 0 radical (unpaired) electrons. The number of nitrogens with two attached hydrogens (primary N) is 1. The van der Waals surface area contributed by atoms with E-state index < -0.39 is 10.0 Å². The lowest BCUT2D eigenvalue weighted by Crippen LogP contribution is -2.25. The van der Waals surface area contributed by atoms with Crippen molar-refractivity contribution >= 4 is 21.4 Å². The molecule has 6 heteroatoms. The molecule has 0 saturated heterocycles. The molecular weight excluding hydrogens is 262 g/mol. The first-order chi connectivity index (χ1) is 8.81. The summed E-state index contributed by atoms with van der Waals surface area (Å²) in [5.41, 5.74) is 6.91. The Kier molecular flexibility index (Phi) is 5.20. The van der Waals surface area contributed by atoms with Gasteiger partial charge in [0.1, 0.15) is 4.90 Å². The van der Waals surface area contributed by atoms with Crippen LogP contribution in [0.3, 0.4) is 0 Å². The molecule has 1 unspecified atom stereocenters. The van der Waals surface area contributed by atoms with Crippen LogP contribution in [0.5, 0.6) is 0 Å². The van der Waals surface area contributed by atoms with Crippen LogP contribution in [0.4, 0.5) is 11.4 Å². The molecule has 1 aromatic rings. The number of hydrogen-bond acceptors (Lipinski definition) is 4. The third kappa shape index (κ3) is 3.84. The van der Waals surface area contributed by atoms with Crippen molar-refractivity contribution in [2.75, 3.05) is 18.1 Å². The van der Waals surface area contributed by atoms with Crippen molar-refractivity contribution < 1.29 is 8.42 Å². The van der Waals surface area contributed by atoms with E-state index in [1.54, 1.807) is 12.1 Å². The number of benzene rings is 1. The lowest BCUT2D eigenvalue weighted by molar-refractivity contribution is 0.511. The Labute approximate surface area is 115 Å². The van der Waals surface area contributed by atoms with Crippen LogP contribution in [0.15, 0.2) is 23.1 Å². The number of sulfonamides is 1. The van der Waals surface area contributed by atoms with E-state index in [1.165, 1.54) is 13.1 Å². The Balaban J connectivity index is 3.01. The van der Waals surface area contributed by atoms with Crippen molar-refractivity contribution in [2.24, 2.45) is 5.92 Å². The molecule has 0 bridgehead atoms. The average molecular weight is 285 g/mol. The van der Waals surface area contributed by atoms with Crippen molar-refractivity contribution in [3.8, 4) is 0 Å². The van der Waals surface area contributed by atoms with Gasteiger partial charge in [0.2, 0.25) is 10.0 Å². The van der Waals surface area contributed by atoms with Gasteiger partial charge in [-0.05, 0) is 37.6 Å². The summed E-state index contributed by atoms with van der Waals surface area (Å²) in [5, 5.41) is 3.37. The Morgan fingerprint density at radius 2 is 1.95 bits per heavy atom. The third-order valence-electron chi connectivity index (χ3n) is 3.16. The van der Waals surface area contributed by atoms with E-state index in [0.29, 0.717) is 12.0 Å². The molecule has 108 valence electrons. The normalized spacial score (nSPS) is 13.5. The van der Waals surface area contributed by atoms with Gasteiger partial charge in [-0.3, -0.25) is 0 Å². The molecule has 1 rings (SSSR count). The monoisotopic (exact) mass is 285 g/mol. The molecule has 19 heavy (non-hydrogen) atoms. The fourth-order valence-corrected chi connectivity index (χ4v) is 2.78. The topological polar surface area (TPSA) is 84.2 Å². The fraction of sp³-hybridized carbons (Fsp3) is 0.538. The Bertz CT molecular complexity index is 527. The summed E-state index contributed by atoms with van der Waals surface area (Å²) in [6.45, 7) is 6.40. The maximum absolute atomic E-state index is 11.7. The first-order valence-corrected chi connectivity index (χ1v) is 7.89. The lowest BCUT2D eigenvalue weighted by atomic mass is 10.0. The van der Waals surface area contributed by atoms with Gasteiger partial charge in [0.25, 0.3) is 0 Å². The van der Waals surface area contributed by atoms with E-state index in [2.05, 4.69) is 30.8 Å². The standard InChI is InChI=1S/C13H23N3O2S/c1-5-12(9(2)3)16-10-6-7-13(11(14)8-10)19(17,18)15-4/h6-9,12,15-16H,5,14H2,1-4H3. The fourth-order valence-electron chi connectivity index (χ4n) is 1.95. The van der Waals surface area contributed by atoms with E-state index in [0.717, 1.165) is 12.1 Å². The SMILES string of the molecule is CCC(Nc1ccc(S(=O)(=O)NC)c(N)c1)C(C)C. The summed E-state index contributed by atoms with van der Waals surface area (Å²) in [6.07, 6.45) is 0.994. The first kappa shape index (κ1) is 15.8. The number of rotatable bonds is 6. The summed E-state index contributed by atoms with van der Waals surface area (Å²) >= 11 is 0. The van der Waals surface area contributed by atoms with Crippen molar-refractivity contribution in [2.45, 2.75) is 38.1 Å². The van der Waals surface area contributed by atoms with Crippen molar-refractivity contribution in [1.29, 1.82) is 0 Å². The number of hydrogen-bond donors (Lipinski definition) is 3. The van der Waals surface area contributed by atoms with E-state index in [9.17, 15) is 8.42 Å². The van der Waals surface area contributed by atoms with Gasteiger partial charge in [0, 0.05) is 11.7 Å². The molecule has 0 saturated carbocycles. The van der Waals surface area contributed by atoms with Gasteiger partial charge < -0.3 is 11.1 Å². The second-order valence-corrected chi connectivity index (χ2v) is 6.72. The maximum Gasteiger partial charge on any atom is 0.242 e. The molecule has 5 nitrogen and oxygen atoms in total. The van der Waals surface area contributed by atoms with E-state index >= 15 is 0 Å². The van der Waals surface area contributed by atoms with Gasteiger partial charge in [-0.2, -0.15) is 0 Å². The highest BCUT2D eigenvalue weighted by Crippen LogP contribution is 2.24.